The van der Waals surface area contributed by atoms with Gasteiger partial charge in [-0.2, -0.15) is 0 Å². The number of halogens is 1. The Morgan fingerprint density at radius 3 is 2.83 bits per heavy atom. The number of hydrogen-bond acceptors (Lipinski definition) is 2. The predicted molar refractivity (Wildman–Crippen MR) is 51.6 cm³/mol. The fourth-order valence-corrected chi connectivity index (χ4v) is 2.52. The molecule has 3 heteroatoms. The lowest BCUT2D eigenvalue weighted by atomic mass is 9.72. The molecule has 2 N–H and O–H groups in total. The van der Waals surface area contributed by atoms with Gasteiger partial charge < -0.3 is 10.4 Å². The van der Waals surface area contributed by atoms with Gasteiger partial charge in [-0.05, 0) is 31.7 Å². The van der Waals surface area contributed by atoms with E-state index in [0.717, 1.165) is 19.5 Å². The molecule has 12 heavy (non-hydrogen) atoms. The number of nitrogens with one attached hydrogen (secondary N) is 1. The maximum Gasteiger partial charge on any atom is 0.0800 e. The number of piperidine rings is 1. The van der Waals surface area contributed by atoms with Crippen LogP contribution in [-0.4, -0.2) is 23.8 Å². The Morgan fingerprint density at radius 1 is 1.25 bits per heavy atom. The number of hydrogen-bond donors (Lipinski definition) is 2. The molecule has 2 atom stereocenters. The standard InChI is InChI=1S/C9H17NO.ClH/c11-9-5-2-1-3-8(9)4-6-10-7-9;/h8,10-11H,1-7H2;1H/t8-,9-;/m0./s1. The molecular weight excluding hydrogens is 174 g/mol. The van der Waals surface area contributed by atoms with Gasteiger partial charge in [0.25, 0.3) is 0 Å². The van der Waals surface area contributed by atoms with Gasteiger partial charge in [-0.15, -0.1) is 12.4 Å². The van der Waals surface area contributed by atoms with Gasteiger partial charge in [0.05, 0.1) is 5.60 Å². The van der Waals surface area contributed by atoms with Crippen LogP contribution in [0.1, 0.15) is 32.1 Å². The molecule has 1 aliphatic heterocycles. The molecule has 72 valence electrons. The highest BCUT2D eigenvalue weighted by atomic mass is 35.5. The summed E-state index contributed by atoms with van der Waals surface area (Å²) in [6, 6.07) is 0. The maximum absolute atomic E-state index is 10.1. The van der Waals surface area contributed by atoms with Crippen molar-refractivity contribution < 1.29 is 5.11 Å². The first kappa shape index (κ1) is 10.3. The summed E-state index contributed by atoms with van der Waals surface area (Å²) in [4.78, 5) is 0. The Morgan fingerprint density at radius 2 is 2.08 bits per heavy atom. The van der Waals surface area contributed by atoms with Crippen molar-refractivity contribution in [1.82, 2.24) is 5.32 Å². The van der Waals surface area contributed by atoms with Gasteiger partial charge >= 0.3 is 0 Å². The molecule has 0 bridgehead atoms. The van der Waals surface area contributed by atoms with Crippen molar-refractivity contribution >= 4 is 12.4 Å². The van der Waals surface area contributed by atoms with Crippen LogP contribution >= 0.6 is 12.4 Å². The Labute approximate surface area is 80.1 Å². The van der Waals surface area contributed by atoms with E-state index < -0.39 is 0 Å². The van der Waals surface area contributed by atoms with E-state index in [1.165, 1.54) is 25.7 Å². The van der Waals surface area contributed by atoms with Crippen LogP contribution in [0.25, 0.3) is 0 Å². The van der Waals surface area contributed by atoms with Gasteiger partial charge in [0.15, 0.2) is 0 Å². The number of β-amino-alcohol motifs (C(OH)–C–C–N with tert-alkyl or cyclic N) is 1. The van der Waals surface area contributed by atoms with Crippen LogP contribution in [0.3, 0.4) is 0 Å². The van der Waals surface area contributed by atoms with E-state index >= 15 is 0 Å². The lowest BCUT2D eigenvalue weighted by Crippen LogP contribution is -2.53. The van der Waals surface area contributed by atoms with Crippen molar-refractivity contribution in [1.29, 1.82) is 0 Å². The van der Waals surface area contributed by atoms with Gasteiger partial charge in [0.1, 0.15) is 0 Å². The van der Waals surface area contributed by atoms with E-state index in [-0.39, 0.29) is 18.0 Å². The van der Waals surface area contributed by atoms with E-state index in [9.17, 15) is 5.11 Å². The average Bonchev–Trinajstić information content (AvgIpc) is 2.03. The second kappa shape index (κ2) is 3.95. The molecule has 1 heterocycles. The second-order valence-electron chi connectivity index (χ2n) is 4.01. The highest BCUT2D eigenvalue weighted by Gasteiger charge is 2.40. The zero-order valence-electron chi connectivity index (χ0n) is 7.38. The van der Waals surface area contributed by atoms with Crippen molar-refractivity contribution in [3.63, 3.8) is 0 Å². The fourth-order valence-electron chi connectivity index (χ4n) is 2.52. The minimum absolute atomic E-state index is 0. The van der Waals surface area contributed by atoms with Gasteiger partial charge in [-0.25, -0.2) is 0 Å². The third kappa shape index (κ3) is 1.76. The van der Waals surface area contributed by atoms with E-state index in [4.69, 9.17) is 0 Å². The lowest BCUT2D eigenvalue weighted by molar-refractivity contribution is -0.0632. The molecule has 2 fully saturated rings. The van der Waals surface area contributed by atoms with Crippen molar-refractivity contribution in [3.05, 3.63) is 0 Å². The van der Waals surface area contributed by atoms with Crippen molar-refractivity contribution in [2.24, 2.45) is 5.92 Å². The lowest BCUT2D eigenvalue weighted by Gasteiger charge is -2.43. The molecule has 0 amide bonds. The van der Waals surface area contributed by atoms with Crippen LogP contribution in [0.2, 0.25) is 0 Å². The minimum Gasteiger partial charge on any atom is -0.388 e. The molecule has 0 aromatic rings. The SMILES string of the molecule is Cl.O[C@]12CCCC[C@H]1CCNC2. The van der Waals surface area contributed by atoms with Gasteiger partial charge in [0, 0.05) is 6.54 Å². The molecule has 0 spiro atoms. The molecule has 1 saturated heterocycles. The van der Waals surface area contributed by atoms with E-state index in [2.05, 4.69) is 5.32 Å². The molecule has 2 aliphatic rings. The molecule has 1 aliphatic carbocycles. The Bertz CT molecular complexity index is 139. The van der Waals surface area contributed by atoms with Crippen LogP contribution < -0.4 is 5.32 Å². The molecule has 1 saturated carbocycles. The third-order valence-electron chi connectivity index (χ3n) is 3.27. The first-order valence-electron chi connectivity index (χ1n) is 4.74. The molecule has 0 unspecified atom stereocenters. The Balaban J connectivity index is 0.000000720. The first-order chi connectivity index (χ1) is 5.31. The molecule has 0 radical (unpaired) electrons. The Kier molecular flexibility index (Phi) is 3.38. The maximum atomic E-state index is 10.1. The second-order valence-corrected chi connectivity index (χ2v) is 4.01. The molecular formula is C9H18ClNO. The summed E-state index contributed by atoms with van der Waals surface area (Å²) >= 11 is 0. The molecule has 0 aromatic carbocycles. The third-order valence-corrected chi connectivity index (χ3v) is 3.27. The highest BCUT2D eigenvalue weighted by molar-refractivity contribution is 5.85. The van der Waals surface area contributed by atoms with E-state index in [0.29, 0.717) is 5.92 Å². The van der Waals surface area contributed by atoms with Crippen LogP contribution in [0.5, 0.6) is 0 Å². The van der Waals surface area contributed by atoms with Crippen LogP contribution in [0.4, 0.5) is 0 Å². The smallest absolute Gasteiger partial charge is 0.0800 e. The topological polar surface area (TPSA) is 32.3 Å². The van der Waals surface area contributed by atoms with Gasteiger partial charge in [0.2, 0.25) is 0 Å². The molecule has 2 rings (SSSR count). The van der Waals surface area contributed by atoms with E-state index in [1.807, 2.05) is 0 Å². The minimum atomic E-state index is -0.337. The van der Waals surface area contributed by atoms with Gasteiger partial charge in [-0.1, -0.05) is 12.8 Å². The zero-order valence-corrected chi connectivity index (χ0v) is 8.20. The van der Waals surface area contributed by atoms with Crippen molar-refractivity contribution in [3.8, 4) is 0 Å². The number of rotatable bonds is 0. The number of aliphatic hydroxyl groups is 1. The quantitative estimate of drug-likeness (QED) is 0.606. The van der Waals surface area contributed by atoms with Crippen LogP contribution in [0.15, 0.2) is 0 Å². The summed E-state index contributed by atoms with van der Waals surface area (Å²) in [5, 5.41) is 13.4. The van der Waals surface area contributed by atoms with Crippen LogP contribution in [-0.2, 0) is 0 Å². The monoisotopic (exact) mass is 191 g/mol. The van der Waals surface area contributed by atoms with E-state index in [1.54, 1.807) is 0 Å². The summed E-state index contributed by atoms with van der Waals surface area (Å²) in [6.07, 6.45) is 5.99. The summed E-state index contributed by atoms with van der Waals surface area (Å²) in [5.74, 6) is 0.595. The zero-order chi connectivity index (χ0) is 7.73. The molecule has 2 nitrogen and oxygen atoms in total. The summed E-state index contributed by atoms with van der Waals surface area (Å²) in [5.41, 5.74) is -0.337. The first-order valence-corrected chi connectivity index (χ1v) is 4.74. The average molecular weight is 192 g/mol. The summed E-state index contributed by atoms with van der Waals surface area (Å²) in [7, 11) is 0. The summed E-state index contributed by atoms with van der Waals surface area (Å²) < 4.78 is 0. The predicted octanol–water partition coefficient (Wildman–Crippen LogP) is 1.32. The highest BCUT2D eigenvalue weighted by Crippen LogP contribution is 2.36. The number of fused-ring (bicyclic) bond motifs is 1. The fraction of sp³-hybridized carbons (Fsp3) is 1.00. The van der Waals surface area contributed by atoms with Crippen molar-refractivity contribution in [2.45, 2.75) is 37.7 Å². The van der Waals surface area contributed by atoms with Gasteiger partial charge in [-0.3, -0.25) is 0 Å². The molecule has 0 aromatic heterocycles. The van der Waals surface area contributed by atoms with Crippen LogP contribution in [0, 0.1) is 5.92 Å². The summed E-state index contributed by atoms with van der Waals surface area (Å²) in [6.45, 7) is 1.94. The van der Waals surface area contributed by atoms with Crippen molar-refractivity contribution in [2.75, 3.05) is 13.1 Å². The normalized spacial score (nSPS) is 41.2. The largest absolute Gasteiger partial charge is 0.388 e. The Hall–Kier alpha value is 0.210.